The molecule has 1 amide bonds. The van der Waals surface area contributed by atoms with E-state index in [-0.39, 0.29) is 0 Å². The van der Waals surface area contributed by atoms with Gasteiger partial charge in [0.25, 0.3) is 5.91 Å². The Kier molecular flexibility index (Phi) is 9.18. The Balaban J connectivity index is 1.54. The van der Waals surface area contributed by atoms with Gasteiger partial charge < -0.3 is 14.6 Å². The largest absolute Gasteiger partial charge is 0.490 e. The van der Waals surface area contributed by atoms with Crippen molar-refractivity contribution < 1.29 is 19.4 Å². The molecule has 0 aromatic heterocycles. The topological polar surface area (TPSA) is 80.2 Å². The van der Waals surface area contributed by atoms with Gasteiger partial charge in [-0.15, -0.1) is 0 Å². The zero-order valence-corrected chi connectivity index (χ0v) is 22.9. The lowest BCUT2D eigenvalue weighted by Crippen LogP contribution is -2.43. The van der Waals surface area contributed by atoms with Crippen molar-refractivity contribution in [3.05, 3.63) is 129 Å². The summed E-state index contributed by atoms with van der Waals surface area (Å²) in [5, 5.41) is 16.3. The van der Waals surface area contributed by atoms with Crippen molar-refractivity contribution in [1.82, 2.24) is 5.43 Å². The summed E-state index contributed by atoms with van der Waals surface area (Å²) < 4.78 is 12.5. The second-order valence-corrected chi connectivity index (χ2v) is 9.60. The molecule has 6 nitrogen and oxygen atoms in total. The van der Waals surface area contributed by atoms with Gasteiger partial charge in [0.15, 0.2) is 17.1 Å². The summed E-state index contributed by atoms with van der Waals surface area (Å²) in [4.78, 5) is 13.3. The molecule has 0 radical (unpaired) electrons. The minimum absolute atomic E-state index is 0.338. The fourth-order valence-electron chi connectivity index (χ4n) is 3.80. The third-order valence-electron chi connectivity index (χ3n) is 5.75. The maximum Gasteiger partial charge on any atom is 0.281 e. The maximum absolute atomic E-state index is 13.3. The van der Waals surface area contributed by atoms with Crippen LogP contribution < -0.4 is 14.9 Å². The van der Waals surface area contributed by atoms with Gasteiger partial charge in [-0.05, 0) is 63.8 Å². The first-order valence-corrected chi connectivity index (χ1v) is 13.1. The molecule has 194 valence electrons. The smallest absolute Gasteiger partial charge is 0.281 e. The minimum atomic E-state index is -1.92. The summed E-state index contributed by atoms with van der Waals surface area (Å²) in [7, 11) is 0. The van der Waals surface area contributed by atoms with Gasteiger partial charge in [-0.25, -0.2) is 5.43 Å². The molecule has 0 spiro atoms. The van der Waals surface area contributed by atoms with Crippen molar-refractivity contribution in [2.75, 3.05) is 6.61 Å². The van der Waals surface area contributed by atoms with Crippen LogP contribution in [0.25, 0.3) is 0 Å². The lowest BCUT2D eigenvalue weighted by atomic mass is 9.85. The van der Waals surface area contributed by atoms with Crippen molar-refractivity contribution in [2.45, 2.75) is 19.1 Å². The van der Waals surface area contributed by atoms with Crippen molar-refractivity contribution in [3.63, 3.8) is 0 Å². The number of carbonyl (C=O) groups excluding carboxylic acids is 1. The third kappa shape index (κ3) is 6.42. The molecular weight excluding hydrogens is 568 g/mol. The molecule has 4 aromatic carbocycles. The fourth-order valence-corrected chi connectivity index (χ4v) is 4.35. The van der Waals surface area contributed by atoms with Crippen LogP contribution in [0.2, 0.25) is 5.02 Å². The highest BCUT2D eigenvalue weighted by molar-refractivity contribution is 9.10. The van der Waals surface area contributed by atoms with Gasteiger partial charge in [0.05, 0.1) is 12.8 Å². The fraction of sp³-hybridized carbons (Fsp3) is 0.133. The highest BCUT2D eigenvalue weighted by Gasteiger charge is 2.39. The first-order chi connectivity index (χ1) is 18.4. The number of benzene rings is 4. The van der Waals surface area contributed by atoms with E-state index in [0.29, 0.717) is 50.9 Å². The molecule has 0 saturated heterocycles. The number of nitrogens with one attached hydrogen (secondary N) is 1. The van der Waals surface area contributed by atoms with Gasteiger partial charge >= 0.3 is 0 Å². The van der Waals surface area contributed by atoms with Gasteiger partial charge in [-0.2, -0.15) is 5.10 Å². The normalized spacial score (nSPS) is 11.4. The molecule has 8 heteroatoms. The summed E-state index contributed by atoms with van der Waals surface area (Å²) >= 11 is 9.50. The number of halogens is 2. The molecule has 0 saturated carbocycles. The van der Waals surface area contributed by atoms with Crippen LogP contribution in [0.1, 0.15) is 29.2 Å². The molecule has 0 fully saturated rings. The lowest BCUT2D eigenvalue weighted by molar-refractivity contribution is -0.136. The standard InChI is InChI=1S/C30H26BrClN2O4/c1-2-37-27-17-22(26(31)18-28(27)38-20-21-13-15-25(32)16-14-21)19-33-34-29(35)30(36,23-9-5-3-6-10-23)24-11-7-4-8-12-24/h3-19,36H,2,20H2,1H3,(H,34,35)/b33-19-. The molecule has 0 heterocycles. The average molecular weight is 594 g/mol. The number of nitrogens with zero attached hydrogens (tertiary/aromatic N) is 1. The quantitative estimate of drug-likeness (QED) is 0.163. The zero-order chi connectivity index (χ0) is 27.0. The zero-order valence-electron chi connectivity index (χ0n) is 20.6. The Hall–Kier alpha value is -3.65. The van der Waals surface area contributed by atoms with Crippen LogP contribution in [0.15, 0.2) is 107 Å². The van der Waals surface area contributed by atoms with Gasteiger partial charge in [0.1, 0.15) is 6.61 Å². The number of hydrogen-bond acceptors (Lipinski definition) is 5. The summed E-state index contributed by atoms with van der Waals surface area (Å²) in [6.45, 7) is 2.66. The van der Waals surface area contributed by atoms with Crippen LogP contribution in [-0.2, 0) is 17.0 Å². The highest BCUT2D eigenvalue weighted by atomic mass is 79.9. The summed E-state index contributed by atoms with van der Waals surface area (Å²) in [5.41, 5.74) is 3.04. The molecule has 0 unspecified atom stereocenters. The minimum Gasteiger partial charge on any atom is -0.490 e. The van der Waals surface area contributed by atoms with E-state index in [2.05, 4.69) is 26.5 Å². The van der Waals surface area contributed by atoms with Crippen LogP contribution >= 0.6 is 27.5 Å². The van der Waals surface area contributed by atoms with Crippen molar-refractivity contribution in [3.8, 4) is 11.5 Å². The Bertz CT molecular complexity index is 1360. The molecule has 4 aromatic rings. The third-order valence-corrected chi connectivity index (χ3v) is 6.69. The van der Waals surface area contributed by atoms with Crippen LogP contribution in [0.4, 0.5) is 0 Å². The molecule has 0 bridgehead atoms. The number of amides is 1. The molecule has 38 heavy (non-hydrogen) atoms. The lowest BCUT2D eigenvalue weighted by Gasteiger charge is -2.27. The van der Waals surface area contributed by atoms with Gasteiger partial charge in [-0.1, -0.05) is 84.4 Å². The number of rotatable bonds is 10. The average Bonchev–Trinajstić information content (AvgIpc) is 2.95. The van der Waals surface area contributed by atoms with E-state index in [9.17, 15) is 9.90 Å². The highest BCUT2D eigenvalue weighted by Crippen LogP contribution is 2.34. The van der Waals surface area contributed by atoms with Gasteiger partial charge in [-0.3, -0.25) is 4.79 Å². The predicted molar refractivity (Wildman–Crippen MR) is 153 cm³/mol. The number of carbonyl (C=O) groups is 1. The molecule has 2 N–H and O–H groups in total. The monoisotopic (exact) mass is 592 g/mol. The van der Waals surface area contributed by atoms with Crippen LogP contribution in [-0.4, -0.2) is 23.8 Å². The summed E-state index contributed by atoms with van der Waals surface area (Å²) in [6, 6.07) is 28.5. The maximum atomic E-state index is 13.3. The van der Waals surface area contributed by atoms with E-state index in [1.807, 2.05) is 43.3 Å². The second kappa shape index (κ2) is 12.7. The molecule has 4 rings (SSSR count). The summed E-state index contributed by atoms with van der Waals surface area (Å²) in [5.74, 6) is 0.398. The van der Waals surface area contributed by atoms with Crippen LogP contribution in [0.3, 0.4) is 0 Å². The number of ether oxygens (including phenoxy) is 2. The van der Waals surface area contributed by atoms with E-state index in [1.165, 1.54) is 6.21 Å². The predicted octanol–water partition coefficient (Wildman–Crippen LogP) is 6.47. The SMILES string of the molecule is CCOc1cc(/C=N\NC(=O)C(O)(c2ccccc2)c2ccccc2)c(Br)cc1OCc1ccc(Cl)cc1. The first kappa shape index (κ1) is 27.4. The molecule has 0 atom stereocenters. The number of aliphatic hydroxyl groups is 1. The Morgan fingerprint density at radius 3 is 2.11 bits per heavy atom. The molecule has 0 aliphatic rings. The molecule has 0 aliphatic carbocycles. The Labute approximate surface area is 235 Å². The van der Waals surface area contributed by atoms with Gasteiger partial charge in [0.2, 0.25) is 0 Å². The van der Waals surface area contributed by atoms with E-state index < -0.39 is 11.5 Å². The van der Waals surface area contributed by atoms with E-state index in [1.54, 1.807) is 60.7 Å². The van der Waals surface area contributed by atoms with Crippen molar-refractivity contribution in [1.29, 1.82) is 0 Å². The Morgan fingerprint density at radius 2 is 1.53 bits per heavy atom. The summed E-state index contributed by atoms with van der Waals surface area (Å²) in [6.07, 6.45) is 1.48. The number of hydrogen-bond donors (Lipinski definition) is 2. The second-order valence-electron chi connectivity index (χ2n) is 8.31. The molecule has 0 aliphatic heterocycles. The first-order valence-electron chi connectivity index (χ1n) is 11.9. The van der Waals surface area contributed by atoms with E-state index >= 15 is 0 Å². The van der Waals surface area contributed by atoms with E-state index in [0.717, 1.165) is 5.56 Å². The van der Waals surface area contributed by atoms with Crippen molar-refractivity contribution in [2.24, 2.45) is 5.10 Å². The Morgan fingerprint density at radius 1 is 0.947 bits per heavy atom. The number of hydrazone groups is 1. The van der Waals surface area contributed by atoms with Crippen LogP contribution in [0.5, 0.6) is 11.5 Å². The van der Waals surface area contributed by atoms with Crippen molar-refractivity contribution >= 4 is 39.7 Å². The molecular formula is C30H26BrClN2O4. The van der Waals surface area contributed by atoms with Gasteiger partial charge in [0, 0.05) is 15.1 Å². The van der Waals surface area contributed by atoms with E-state index in [4.69, 9.17) is 21.1 Å². The van der Waals surface area contributed by atoms with Crippen LogP contribution in [0, 0.1) is 0 Å².